The van der Waals surface area contributed by atoms with E-state index in [1.807, 2.05) is 35.4 Å². The van der Waals surface area contributed by atoms with Crippen molar-refractivity contribution >= 4 is 22.5 Å². The van der Waals surface area contributed by atoms with E-state index < -0.39 is 0 Å². The number of carbonyl (C=O) groups excluding carboxylic acids is 1. The summed E-state index contributed by atoms with van der Waals surface area (Å²) < 4.78 is 0. The summed E-state index contributed by atoms with van der Waals surface area (Å²) >= 11 is 0. The number of fused-ring (bicyclic) bond motifs is 1. The lowest BCUT2D eigenvalue weighted by atomic mass is 9.86. The molecule has 2 aromatic carbocycles. The summed E-state index contributed by atoms with van der Waals surface area (Å²) in [6.07, 6.45) is 4.15. The average Bonchev–Trinajstić information content (AvgIpc) is 3.36. The standard InChI is InChI=1S/C21H21N3O3/c25-21(23-11-5-6-12-23)13-17(16-8-2-4-10-20(16)24(26)27)18-14-22-19-9-3-1-7-15(18)19/h1-4,7-10,14,17,22H,5-6,11-13H2. The van der Waals surface area contributed by atoms with E-state index in [0.717, 1.165) is 42.4 Å². The number of amides is 1. The van der Waals surface area contributed by atoms with Gasteiger partial charge >= 0.3 is 0 Å². The quantitative estimate of drug-likeness (QED) is 0.544. The number of hydrogen-bond donors (Lipinski definition) is 1. The van der Waals surface area contributed by atoms with Crippen LogP contribution in [-0.4, -0.2) is 33.8 Å². The van der Waals surface area contributed by atoms with Crippen molar-refractivity contribution in [2.45, 2.75) is 25.2 Å². The Morgan fingerprint density at radius 3 is 2.56 bits per heavy atom. The fourth-order valence-corrected chi connectivity index (χ4v) is 3.99. The molecule has 27 heavy (non-hydrogen) atoms. The minimum Gasteiger partial charge on any atom is -0.361 e. The van der Waals surface area contributed by atoms with Gasteiger partial charge in [0.2, 0.25) is 5.91 Å². The maximum atomic E-state index is 12.9. The Kier molecular flexibility index (Phi) is 4.62. The maximum Gasteiger partial charge on any atom is 0.273 e. The topological polar surface area (TPSA) is 79.2 Å². The lowest BCUT2D eigenvalue weighted by Crippen LogP contribution is -2.29. The van der Waals surface area contributed by atoms with Crippen LogP contribution in [0.3, 0.4) is 0 Å². The second-order valence-electron chi connectivity index (χ2n) is 6.95. The first-order chi connectivity index (χ1) is 13.1. The summed E-state index contributed by atoms with van der Waals surface area (Å²) in [6.45, 7) is 1.55. The number of carbonyl (C=O) groups is 1. The van der Waals surface area contributed by atoms with Gasteiger partial charge in [-0.25, -0.2) is 0 Å². The van der Waals surface area contributed by atoms with Crippen LogP contribution in [0.25, 0.3) is 10.9 Å². The molecule has 1 aromatic heterocycles. The van der Waals surface area contributed by atoms with Crippen LogP contribution >= 0.6 is 0 Å². The van der Waals surface area contributed by atoms with Gasteiger partial charge in [0.15, 0.2) is 0 Å². The normalized spacial score (nSPS) is 15.2. The van der Waals surface area contributed by atoms with Crippen LogP contribution in [0.2, 0.25) is 0 Å². The first-order valence-corrected chi connectivity index (χ1v) is 9.22. The molecule has 1 N–H and O–H groups in total. The van der Waals surface area contributed by atoms with Crippen LogP contribution in [0.1, 0.15) is 36.3 Å². The third kappa shape index (κ3) is 3.30. The molecular weight excluding hydrogens is 342 g/mol. The Hall–Kier alpha value is -3.15. The largest absolute Gasteiger partial charge is 0.361 e. The number of hydrogen-bond acceptors (Lipinski definition) is 3. The summed E-state index contributed by atoms with van der Waals surface area (Å²) in [4.78, 5) is 29.2. The second kappa shape index (κ2) is 7.23. The van der Waals surface area contributed by atoms with Crippen molar-refractivity contribution in [3.63, 3.8) is 0 Å². The Bertz CT molecular complexity index is 989. The molecule has 1 amide bonds. The first kappa shape index (κ1) is 17.3. The molecular formula is C21H21N3O3. The van der Waals surface area contributed by atoms with Gasteiger partial charge in [-0.3, -0.25) is 14.9 Å². The molecule has 0 spiro atoms. The third-order valence-corrected chi connectivity index (χ3v) is 5.34. The molecule has 0 aliphatic carbocycles. The molecule has 3 aromatic rings. The molecule has 1 aliphatic heterocycles. The number of rotatable bonds is 5. The molecule has 1 fully saturated rings. The van der Waals surface area contributed by atoms with Gasteiger partial charge in [0.1, 0.15) is 0 Å². The van der Waals surface area contributed by atoms with Crippen molar-refractivity contribution in [3.05, 3.63) is 76.0 Å². The number of aromatic nitrogens is 1. The molecule has 4 rings (SSSR count). The van der Waals surface area contributed by atoms with Gasteiger partial charge in [-0.05, 0) is 24.5 Å². The molecule has 6 nitrogen and oxygen atoms in total. The van der Waals surface area contributed by atoms with E-state index in [4.69, 9.17) is 0 Å². The van der Waals surface area contributed by atoms with E-state index in [2.05, 4.69) is 4.98 Å². The van der Waals surface area contributed by atoms with Gasteiger partial charge in [-0.1, -0.05) is 36.4 Å². The Morgan fingerprint density at radius 1 is 1.07 bits per heavy atom. The number of benzene rings is 2. The fraction of sp³-hybridized carbons (Fsp3) is 0.286. The number of H-pyrrole nitrogens is 1. The Balaban J connectivity index is 1.80. The van der Waals surface area contributed by atoms with Gasteiger partial charge in [-0.2, -0.15) is 0 Å². The summed E-state index contributed by atoms with van der Waals surface area (Å²) in [5.74, 6) is -0.309. The predicted molar refractivity (Wildman–Crippen MR) is 104 cm³/mol. The molecule has 1 unspecified atom stereocenters. The van der Waals surface area contributed by atoms with Crippen molar-refractivity contribution < 1.29 is 9.72 Å². The van der Waals surface area contributed by atoms with Crippen LogP contribution in [0.15, 0.2) is 54.7 Å². The zero-order chi connectivity index (χ0) is 18.8. The second-order valence-corrected chi connectivity index (χ2v) is 6.95. The zero-order valence-electron chi connectivity index (χ0n) is 14.9. The molecule has 0 radical (unpaired) electrons. The molecule has 1 aliphatic rings. The smallest absolute Gasteiger partial charge is 0.273 e. The van der Waals surface area contributed by atoms with Gasteiger partial charge < -0.3 is 9.88 Å². The van der Waals surface area contributed by atoms with Crippen molar-refractivity contribution in [2.75, 3.05) is 13.1 Å². The van der Waals surface area contributed by atoms with Crippen LogP contribution in [0.4, 0.5) is 5.69 Å². The van der Waals surface area contributed by atoms with E-state index in [1.54, 1.807) is 18.2 Å². The number of para-hydroxylation sites is 2. The number of likely N-dealkylation sites (tertiary alicyclic amines) is 1. The maximum absolute atomic E-state index is 12.9. The molecule has 2 heterocycles. The lowest BCUT2D eigenvalue weighted by Gasteiger charge is -2.21. The van der Waals surface area contributed by atoms with Crippen molar-refractivity contribution in [2.24, 2.45) is 0 Å². The number of nitrogens with zero attached hydrogens (tertiary/aromatic N) is 2. The zero-order valence-corrected chi connectivity index (χ0v) is 14.9. The number of aromatic amines is 1. The van der Waals surface area contributed by atoms with E-state index in [0.29, 0.717) is 5.56 Å². The van der Waals surface area contributed by atoms with Crippen LogP contribution < -0.4 is 0 Å². The van der Waals surface area contributed by atoms with Gasteiger partial charge in [0, 0.05) is 54.2 Å². The summed E-state index contributed by atoms with van der Waals surface area (Å²) in [6, 6.07) is 14.6. The average molecular weight is 363 g/mol. The summed E-state index contributed by atoms with van der Waals surface area (Å²) in [5.41, 5.74) is 2.53. The van der Waals surface area contributed by atoms with Gasteiger partial charge in [0.05, 0.1) is 4.92 Å². The minimum atomic E-state index is -0.365. The Labute approximate surface area is 157 Å². The number of nitrogens with one attached hydrogen (secondary N) is 1. The van der Waals surface area contributed by atoms with Gasteiger partial charge in [-0.15, -0.1) is 0 Å². The van der Waals surface area contributed by atoms with Crippen molar-refractivity contribution in [1.82, 2.24) is 9.88 Å². The Morgan fingerprint density at radius 2 is 1.78 bits per heavy atom. The molecule has 1 saturated heterocycles. The highest BCUT2D eigenvalue weighted by Gasteiger charge is 2.29. The number of nitro benzene ring substituents is 1. The highest BCUT2D eigenvalue weighted by atomic mass is 16.6. The molecule has 138 valence electrons. The van der Waals surface area contributed by atoms with E-state index in [1.165, 1.54) is 6.07 Å². The highest BCUT2D eigenvalue weighted by Crippen LogP contribution is 2.38. The summed E-state index contributed by atoms with van der Waals surface area (Å²) in [5, 5.41) is 12.6. The fourth-order valence-electron chi connectivity index (χ4n) is 3.99. The van der Waals surface area contributed by atoms with E-state index in [-0.39, 0.29) is 28.9 Å². The van der Waals surface area contributed by atoms with Crippen LogP contribution in [0, 0.1) is 10.1 Å². The molecule has 0 bridgehead atoms. The summed E-state index contributed by atoms with van der Waals surface area (Å²) in [7, 11) is 0. The molecule has 6 heteroatoms. The third-order valence-electron chi connectivity index (χ3n) is 5.34. The van der Waals surface area contributed by atoms with Crippen LogP contribution in [-0.2, 0) is 4.79 Å². The van der Waals surface area contributed by atoms with Gasteiger partial charge in [0.25, 0.3) is 5.69 Å². The first-order valence-electron chi connectivity index (χ1n) is 9.22. The SMILES string of the molecule is O=C(CC(c1ccccc1[N+](=O)[O-])c1c[nH]c2ccccc12)N1CCCC1. The lowest BCUT2D eigenvalue weighted by molar-refractivity contribution is -0.385. The molecule has 0 saturated carbocycles. The van der Waals surface area contributed by atoms with E-state index >= 15 is 0 Å². The predicted octanol–water partition coefficient (Wildman–Crippen LogP) is 4.22. The van der Waals surface area contributed by atoms with Crippen molar-refractivity contribution in [3.8, 4) is 0 Å². The number of nitro groups is 1. The minimum absolute atomic E-state index is 0.0564. The van der Waals surface area contributed by atoms with Crippen molar-refractivity contribution in [1.29, 1.82) is 0 Å². The van der Waals surface area contributed by atoms with E-state index in [9.17, 15) is 14.9 Å². The van der Waals surface area contributed by atoms with Crippen LogP contribution in [0.5, 0.6) is 0 Å². The molecule has 1 atom stereocenters. The monoisotopic (exact) mass is 363 g/mol. The highest BCUT2D eigenvalue weighted by molar-refractivity contribution is 5.86.